The van der Waals surface area contributed by atoms with E-state index >= 15 is 0 Å². The largest absolute Gasteiger partial charge is 0.384 e. The van der Waals surface area contributed by atoms with E-state index in [2.05, 4.69) is 0 Å². The summed E-state index contributed by atoms with van der Waals surface area (Å²) in [7, 11) is 0. The molecule has 1 nitrogen and oxygen atoms in total. The summed E-state index contributed by atoms with van der Waals surface area (Å²) in [6.07, 6.45) is -0.839. The molecule has 0 saturated carbocycles. The lowest BCUT2D eigenvalue weighted by Gasteiger charge is -2.17. The molecule has 0 radical (unpaired) electrons. The van der Waals surface area contributed by atoms with E-state index in [1.165, 1.54) is 12.1 Å². The van der Waals surface area contributed by atoms with Crippen molar-refractivity contribution in [3.8, 4) is 0 Å². The molecule has 0 saturated heterocycles. The smallest absolute Gasteiger partial charge is 0.141 e. The van der Waals surface area contributed by atoms with E-state index in [0.29, 0.717) is 5.56 Å². The van der Waals surface area contributed by atoms with Crippen molar-refractivity contribution in [2.45, 2.75) is 13.0 Å². The van der Waals surface area contributed by atoms with Crippen LogP contribution >= 0.6 is 11.6 Å². The van der Waals surface area contributed by atoms with Gasteiger partial charge in [0, 0.05) is 0 Å². The van der Waals surface area contributed by atoms with Gasteiger partial charge in [0.25, 0.3) is 0 Å². The molecule has 0 spiro atoms. The van der Waals surface area contributed by atoms with Gasteiger partial charge in [-0.3, -0.25) is 0 Å². The summed E-state index contributed by atoms with van der Waals surface area (Å²) in [6, 6.07) is 16.2. The highest BCUT2D eigenvalue weighted by Gasteiger charge is 2.17. The monoisotopic (exact) mass is 300 g/mol. The second-order valence-electron chi connectivity index (χ2n) is 5.09. The molecule has 0 heterocycles. The van der Waals surface area contributed by atoms with Crippen LogP contribution in [0.1, 0.15) is 22.8 Å². The Morgan fingerprint density at radius 3 is 2.57 bits per heavy atom. The van der Waals surface area contributed by atoms with E-state index in [4.69, 9.17) is 11.6 Å². The SMILES string of the molecule is Cc1ccc2ccccc2c1C(O)c1ccc(F)c(Cl)c1. The van der Waals surface area contributed by atoms with E-state index in [-0.39, 0.29) is 5.02 Å². The molecule has 21 heavy (non-hydrogen) atoms. The van der Waals surface area contributed by atoms with Crippen LogP contribution in [0.15, 0.2) is 54.6 Å². The van der Waals surface area contributed by atoms with Gasteiger partial charge in [-0.2, -0.15) is 0 Å². The first-order valence-electron chi connectivity index (χ1n) is 6.69. The third-order valence-electron chi connectivity index (χ3n) is 3.72. The van der Waals surface area contributed by atoms with Crippen molar-refractivity contribution in [2.24, 2.45) is 0 Å². The van der Waals surface area contributed by atoms with Crippen molar-refractivity contribution in [1.29, 1.82) is 0 Å². The molecule has 0 amide bonds. The van der Waals surface area contributed by atoms with Crippen LogP contribution in [0.2, 0.25) is 5.02 Å². The van der Waals surface area contributed by atoms with Crippen LogP contribution in [0.4, 0.5) is 4.39 Å². The summed E-state index contributed by atoms with van der Waals surface area (Å²) in [5.74, 6) is -0.484. The van der Waals surface area contributed by atoms with Gasteiger partial charge >= 0.3 is 0 Å². The van der Waals surface area contributed by atoms with Crippen LogP contribution in [0.5, 0.6) is 0 Å². The molecule has 3 heteroatoms. The lowest BCUT2D eigenvalue weighted by Crippen LogP contribution is -2.03. The van der Waals surface area contributed by atoms with Gasteiger partial charge in [0.05, 0.1) is 5.02 Å². The van der Waals surface area contributed by atoms with E-state index in [1.54, 1.807) is 6.07 Å². The molecule has 1 N–H and O–H groups in total. The van der Waals surface area contributed by atoms with Crippen LogP contribution in [0.25, 0.3) is 10.8 Å². The Kier molecular flexibility index (Phi) is 3.66. The van der Waals surface area contributed by atoms with Crippen molar-refractivity contribution in [3.63, 3.8) is 0 Å². The van der Waals surface area contributed by atoms with Crippen molar-refractivity contribution < 1.29 is 9.50 Å². The molecular weight excluding hydrogens is 287 g/mol. The molecule has 0 aromatic heterocycles. The van der Waals surface area contributed by atoms with Crippen molar-refractivity contribution >= 4 is 22.4 Å². The molecule has 3 aromatic carbocycles. The maximum absolute atomic E-state index is 13.3. The van der Waals surface area contributed by atoms with E-state index in [1.807, 2.05) is 43.3 Å². The minimum absolute atomic E-state index is 0.0180. The Balaban J connectivity index is 2.19. The van der Waals surface area contributed by atoms with Crippen molar-refractivity contribution in [3.05, 3.63) is 82.1 Å². The van der Waals surface area contributed by atoms with Gasteiger partial charge in [0.15, 0.2) is 0 Å². The number of aryl methyl sites for hydroxylation is 1. The van der Waals surface area contributed by atoms with Gasteiger partial charge in [-0.25, -0.2) is 4.39 Å². The molecule has 1 atom stereocenters. The third kappa shape index (κ3) is 2.53. The Labute approximate surface area is 127 Å². The van der Waals surface area contributed by atoms with Crippen LogP contribution < -0.4 is 0 Å². The van der Waals surface area contributed by atoms with Crippen LogP contribution in [0, 0.1) is 12.7 Å². The number of rotatable bonds is 2. The Hall–Kier alpha value is -1.90. The number of aliphatic hydroxyl groups is 1. The number of hydrogen-bond acceptors (Lipinski definition) is 1. The molecule has 0 fully saturated rings. The van der Waals surface area contributed by atoms with Gasteiger partial charge in [-0.1, -0.05) is 54.1 Å². The van der Waals surface area contributed by atoms with Gasteiger partial charge in [-0.15, -0.1) is 0 Å². The first-order valence-corrected chi connectivity index (χ1v) is 7.07. The van der Waals surface area contributed by atoms with Crippen LogP contribution in [-0.4, -0.2) is 5.11 Å². The average molecular weight is 301 g/mol. The predicted octanol–water partition coefficient (Wildman–Crippen LogP) is 5.02. The quantitative estimate of drug-likeness (QED) is 0.704. The standard InChI is InChI=1S/C18H14ClFO/c1-11-6-7-12-4-2-3-5-14(12)17(11)18(21)13-8-9-16(20)15(19)10-13/h2-10,18,21H,1H3. The van der Waals surface area contributed by atoms with Crippen molar-refractivity contribution in [2.75, 3.05) is 0 Å². The highest BCUT2D eigenvalue weighted by Crippen LogP contribution is 2.33. The summed E-state index contributed by atoms with van der Waals surface area (Å²) in [4.78, 5) is 0. The van der Waals surface area contributed by atoms with E-state index in [9.17, 15) is 9.50 Å². The molecule has 3 aromatic rings. The summed E-state index contributed by atoms with van der Waals surface area (Å²) >= 11 is 5.82. The van der Waals surface area contributed by atoms with Crippen LogP contribution in [0.3, 0.4) is 0 Å². The fraction of sp³-hybridized carbons (Fsp3) is 0.111. The zero-order valence-electron chi connectivity index (χ0n) is 11.5. The van der Waals surface area contributed by atoms with Gasteiger partial charge in [0.1, 0.15) is 11.9 Å². The summed E-state index contributed by atoms with van der Waals surface area (Å²) in [5, 5.41) is 12.8. The number of halogens is 2. The molecule has 1 unspecified atom stereocenters. The maximum Gasteiger partial charge on any atom is 0.141 e. The molecule has 0 aliphatic heterocycles. The van der Waals surface area contributed by atoms with Gasteiger partial charge in [-0.05, 0) is 46.5 Å². The number of hydrogen-bond donors (Lipinski definition) is 1. The van der Waals surface area contributed by atoms with Crippen molar-refractivity contribution in [1.82, 2.24) is 0 Å². The second-order valence-corrected chi connectivity index (χ2v) is 5.50. The fourth-order valence-corrected chi connectivity index (χ4v) is 2.81. The second kappa shape index (κ2) is 5.47. The average Bonchev–Trinajstić information content (AvgIpc) is 2.49. The van der Waals surface area contributed by atoms with Gasteiger partial charge < -0.3 is 5.11 Å². The lowest BCUT2D eigenvalue weighted by molar-refractivity contribution is 0.221. The molecular formula is C18H14ClFO. The summed E-state index contributed by atoms with van der Waals surface area (Å²) in [5.41, 5.74) is 2.40. The fourth-order valence-electron chi connectivity index (χ4n) is 2.62. The highest BCUT2D eigenvalue weighted by molar-refractivity contribution is 6.30. The van der Waals surface area contributed by atoms with Crippen LogP contribution in [-0.2, 0) is 0 Å². The minimum atomic E-state index is -0.839. The Morgan fingerprint density at radius 2 is 1.81 bits per heavy atom. The number of aliphatic hydroxyl groups excluding tert-OH is 1. The zero-order valence-corrected chi connectivity index (χ0v) is 12.2. The van der Waals surface area contributed by atoms with Gasteiger partial charge in [0.2, 0.25) is 0 Å². The first kappa shape index (κ1) is 14.1. The molecule has 0 aliphatic rings. The lowest BCUT2D eigenvalue weighted by atomic mass is 9.92. The molecule has 0 aliphatic carbocycles. The summed E-state index contributed by atoms with van der Waals surface area (Å²) in [6.45, 7) is 1.95. The normalized spacial score (nSPS) is 12.6. The Bertz CT molecular complexity index is 813. The maximum atomic E-state index is 13.3. The Morgan fingerprint density at radius 1 is 1.05 bits per heavy atom. The summed E-state index contributed by atoms with van der Waals surface area (Å²) < 4.78 is 13.3. The third-order valence-corrected chi connectivity index (χ3v) is 4.01. The topological polar surface area (TPSA) is 20.2 Å². The highest BCUT2D eigenvalue weighted by atomic mass is 35.5. The first-order chi connectivity index (χ1) is 10.1. The molecule has 106 valence electrons. The molecule has 3 rings (SSSR count). The minimum Gasteiger partial charge on any atom is -0.384 e. The zero-order chi connectivity index (χ0) is 15.0. The number of benzene rings is 3. The van der Waals surface area contributed by atoms with E-state index in [0.717, 1.165) is 21.9 Å². The van der Waals surface area contributed by atoms with E-state index < -0.39 is 11.9 Å². The predicted molar refractivity (Wildman–Crippen MR) is 84.2 cm³/mol. The molecule has 0 bridgehead atoms. The number of fused-ring (bicyclic) bond motifs is 1.